The Morgan fingerprint density at radius 3 is 2.89 bits per heavy atom. The van der Waals surface area contributed by atoms with Gasteiger partial charge in [0.2, 0.25) is 5.91 Å². The van der Waals surface area contributed by atoms with Crippen molar-refractivity contribution < 1.29 is 13.6 Å². The molecule has 1 aromatic heterocycles. The van der Waals surface area contributed by atoms with Crippen LogP contribution >= 0.6 is 0 Å². The third kappa shape index (κ3) is 3.19. The molecule has 0 unspecified atom stereocenters. The molecule has 2 rings (SSSR count). The molecule has 96 valence electrons. The van der Waals surface area contributed by atoms with Crippen LogP contribution in [0, 0.1) is 17.1 Å². The number of nitrogens with one attached hydrogen (secondary N) is 1. The molecule has 1 amide bonds. The minimum Gasteiger partial charge on any atom is -0.469 e. The van der Waals surface area contributed by atoms with Gasteiger partial charge < -0.3 is 9.73 Å². The standard InChI is InChI=1S/C14H11FN2O2/c15-12-4-1-5-13(11(12)9-16)17-14(18)7-6-10-3-2-8-19-10/h1-5,8H,6-7H2,(H,17,18). The highest BCUT2D eigenvalue weighted by molar-refractivity contribution is 5.92. The number of rotatable bonds is 4. The van der Waals surface area contributed by atoms with Gasteiger partial charge in [0.05, 0.1) is 12.0 Å². The predicted octanol–water partition coefficient (Wildman–Crippen LogP) is 2.86. The molecular formula is C14H11FN2O2. The number of nitriles is 1. The van der Waals surface area contributed by atoms with Gasteiger partial charge in [-0.1, -0.05) is 6.07 Å². The lowest BCUT2D eigenvalue weighted by Gasteiger charge is -2.06. The Balaban J connectivity index is 1.99. The summed E-state index contributed by atoms with van der Waals surface area (Å²) >= 11 is 0. The van der Waals surface area contributed by atoms with Gasteiger partial charge in [-0.2, -0.15) is 5.26 Å². The fourth-order valence-electron chi connectivity index (χ4n) is 1.65. The number of carbonyl (C=O) groups is 1. The van der Waals surface area contributed by atoms with Crippen LogP contribution in [0.25, 0.3) is 0 Å². The molecule has 0 saturated carbocycles. The molecule has 0 aliphatic heterocycles. The fraction of sp³-hybridized carbons (Fsp3) is 0.143. The monoisotopic (exact) mass is 258 g/mol. The van der Waals surface area contributed by atoms with Crippen molar-refractivity contribution in [1.82, 2.24) is 0 Å². The highest BCUT2D eigenvalue weighted by Gasteiger charge is 2.11. The Labute approximate surface area is 109 Å². The minimum atomic E-state index is -0.647. The lowest BCUT2D eigenvalue weighted by molar-refractivity contribution is -0.116. The molecule has 1 heterocycles. The first-order valence-electron chi connectivity index (χ1n) is 5.71. The second kappa shape index (κ2) is 5.83. The Hall–Kier alpha value is -2.61. The number of halogens is 1. The molecule has 0 fully saturated rings. The first-order chi connectivity index (χ1) is 9.20. The molecule has 5 heteroatoms. The predicted molar refractivity (Wildman–Crippen MR) is 66.8 cm³/mol. The van der Waals surface area contributed by atoms with E-state index in [9.17, 15) is 9.18 Å². The van der Waals surface area contributed by atoms with Crippen molar-refractivity contribution in [2.45, 2.75) is 12.8 Å². The number of carbonyl (C=O) groups excluding carboxylic acids is 1. The van der Waals surface area contributed by atoms with Crippen molar-refractivity contribution in [3.63, 3.8) is 0 Å². The van der Waals surface area contributed by atoms with Crippen molar-refractivity contribution in [2.24, 2.45) is 0 Å². The van der Waals surface area contributed by atoms with E-state index in [4.69, 9.17) is 9.68 Å². The second-order valence-electron chi connectivity index (χ2n) is 3.90. The van der Waals surface area contributed by atoms with Crippen LogP contribution < -0.4 is 5.32 Å². The van der Waals surface area contributed by atoms with E-state index in [0.29, 0.717) is 12.2 Å². The average Bonchev–Trinajstić information content (AvgIpc) is 2.90. The topological polar surface area (TPSA) is 66.0 Å². The van der Waals surface area contributed by atoms with Gasteiger partial charge >= 0.3 is 0 Å². The third-order valence-electron chi connectivity index (χ3n) is 2.58. The maximum atomic E-state index is 13.3. The number of benzene rings is 1. The van der Waals surface area contributed by atoms with Crippen molar-refractivity contribution >= 4 is 11.6 Å². The maximum absolute atomic E-state index is 13.3. The molecular weight excluding hydrogens is 247 g/mol. The van der Waals surface area contributed by atoms with Crippen molar-refractivity contribution in [1.29, 1.82) is 5.26 Å². The summed E-state index contributed by atoms with van der Waals surface area (Å²) < 4.78 is 18.4. The summed E-state index contributed by atoms with van der Waals surface area (Å²) in [6, 6.07) is 9.36. The van der Waals surface area contributed by atoms with Crippen molar-refractivity contribution in [3.8, 4) is 6.07 Å². The van der Waals surface area contributed by atoms with E-state index in [1.54, 1.807) is 18.2 Å². The highest BCUT2D eigenvalue weighted by atomic mass is 19.1. The van der Waals surface area contributed by atoms with Gasteiger partial charge in [-0.05, 0) is 24.3 Å². The van der Waals surface area contributed by atoms with Gasteiger partial charge in [-0.3, -0.25) is 4.79 Å². The maximum Gasteiger partial charge on any atom is 0.224 e. The summed E-state index contributed by atoms with van der Waals surface area (Å²) in [5.41, 5.74) is 0.0285. The Kier molecular flexibility index (Phi) is 3.94. The van der Waals surface area contributed by atoms with E-state index < -0.39 is 5.82 Å². The second-order valence-corrected chi connectivity index (χ2v) is 3.90. The molecule has 0 saturated heterocycles. The zero-order valence-corrected chi connectivity index (χ0v) is 10.0. The van der Waals surface area contributed by atoms with Gasteiger partial charge in [0, 0.05) is 12.8 Å². The van der Waals surface area contributed by atoms with E-state index in [1.165, 1.54) is 24.5 Å². The number of anilines is 1. The summed E-state index contributed by atoms with van der Waals surface area (Å²) in [6.07, 6.45) is 2.19. The molecule has 1 N–H and O–H groups in total. The Morgan fingerprint density at radius 2 is 2.21 bits per heavy atom. The van der Waals surface area contributed by atoms with Crippen LogP contribution in [0.2, 0.25) is 0 Å². The van der Waals surface area contributed by atoms with E-state index in [0.717, 1.165) is 0 Å². The number of nitrogens with zero attached hydrogens (tertiary/aromatic N) is 1. The van der Waals surface area contributed by atoms with Gasteiger partial charge in [0.1, 0.15) is 23.2 Å². The molecule has 0 atom stereocenters. The quantitative estimate of drug-likeness (QED) is 0.916. The minimum absolute atomic E-state index is 0.158. The van der Waals surface area contributed by atoms with Crippen LogP contribution in [0.5, 0.6) is 0 Å². The largest absolute Gasteiger partial charge is 0.469 e. The Morgan fingerprint density at radius 1 is 1.37 bits per heavy atom. The van der Waals surface area contributed by atoms with Crippen LogP contribution in [0.3, 0.4) is 0 Å². The van der Waals surface area contributed by atoms with E-state index in [-0.39, 0.29) is 23.6 Å². The number of amides is 1. The molecule has 0 aliphatic carbocycles. The Bertz CT molecular complexity index is 615. The summed E-state index contributed by atoms with van der Waals surface area (Å²) in [6.45, 7) is 0. The molecule has 0 spiro atoms. The lowest BCUT2D eigenvalue weighted by atomic mass is 10.1. The molecule has 0 radical (unpaired) electrons. The fourth-order valence-corrected chi connectivity index (χ4v) is 1.65. The number of hydrogen-bond donors (Lipinski definition) is 1. The number of hydrogen-bond acceptors (Lipinski definition) is 3. The summed E-state index contributed by atoms with van der Waals surface area (Å²) in [5, 5.41) is 11.4. The summed E-state index contributed by atoms with van der Waals surface area (Å²) in [5.74, 6) is -0.236. The molecule has 0 bridgehead atoms. The molecule has 0 aliphatic rings. The smallest absolute Gasteiger partial charge is 0.224 e. The summed E-state index contributed by atoms with van der Waals surface area (Å²) in [7, 11) is 0. The van der Waals surface area contributed by atoms with Crippen LogP contribution in [-0.4, -0.2) is 5.91 Å². The van der Waals surface area contributed by atoms with Crippen molar-refractivity contribution in [2.75, 3.05) is 5.32 Å². The van der Waals surface area contributed by atoms with E-state index in [1.807, 2.05) is 0 Å². The lowest BCUT2D eigenvalue weighted by Crippen LogP contribution is -2.13. The normalized spacial score (nSPS) is 9.89. The number of aryl methyl sites for hydroxylation is 1. The first-order valence-corrected chi connectivity index (χ1v) is 5.71. The van der Waals surface area contributed by atoms with Crippen LogP contribution in [0.15, 0.2) is 41.0 Å². The van der Waals surface area contributed by atoms with Gasteiger partial charge in [-0.15, -0.1) is 0 Å². The van der Waals surface area contributed by atoms with E-state index in [2.05, 4.69) is 5.32 Å². The van der Waals surface area contributed by atoms with Gasteiger partial charge in [-0.25, -0.2) is 4.39 Å². The highest BCUT2D eigenvalue weighted by Crippen LogP contribution is 2.18. The molecule has 19 heavy (non-hydrogen) atoms. The molecule has 2 aromatic rings. The van der Waals surface area contributed by atoms with Crippen LogP contribution in [-0.2, 0) is 11.2 Å². The van der Waals surface area contributed by atoms with Gasteiger partial charge in [0.15, 0.2) is 0 Å². The summed E-state index contributed by atoms with van der Waals surface area (Å²) in [4.78, 5) is 11.7. The zero-order chi connectivity index (χ0) is 13.7. The van der Waals surface area contributed by atoms with Crippen molar-refractivity contribution in [3.05, 3.63) is 53.7 Å². The average molecular weight is 258 g/mol. The number of furan rings is 1. The van der Waals surface area contributed by atoms with Crippen LogP contribution in [0.1, 0.15) is 17.7 Å². The third-order valence-corrected chi connectivity index (χ3v) is 2.58. The first kappa shape index (κ1) is 12.8. The van der Waals surface area contributed by atoms with Crippen LogP contribution in [0.4, 0.5) is 10.1 Å². The zero-order valence-electron chi connectivity index (χ0n) is 10.0. The molecule has 1 aromatic carbocycles. The molecule has 4 nitrogen and oxygen atoms in total. The van der Waals surface area contributed by atoms with Gasteiger partial charge in [0.25, 0.3) is 0 Å². The SMILES string of the molecule is N#Cc1c(F)cccc1NC(=O)CCc1ccco1. The van der Waals surface area contributed by atoms with E-state index >= 15 is 0 Å².